The first-order valence-corrected chi connectivity index (χ1v) is 6.49. The summed E-state index contributed by atoms with van der Waals surface area (Å²) in [4.78, 5) is 13.9. The number of fused-ring (bicyclic) bond motifs is 1. The molecule has 0 N–H and O–H groups in total. The fourth-order valence-corrected chi connectivity index (χ4v) is 2.04. The van der Waals surface area contributed by atoms with Gasteiger partial charge in [-0.05, 0) is 29.8 Å². The predicted molar refractivity (Wildman–Crippen MR) is 76.2 cm³/mol. The Morgan fingerprint density at radius 1 is 1.22 bits per heavy atom. The van der Waals surface area contributed by atoms with Crippen LogP contribution in [0.4, 0.5) is 0 Å². The molecule has 0 saturated carbocycles. The Kier molecular flexibility index (Phi) is 3.87. The molecule has 1 amide bonds. The number of hydrogen-bond acceptors (Lipinski definition) is 1. The minimum atomic E-state index is 0.00824. The zero-order valence-electron chi connectivity index (χ0n) is 10.6. The summed E-state index contributed by atoms with van der Waals surface area (Å²) in [7, 11) is 1.78. The summed E-state index contributed by atoms with van der Waals surface area (Å²) in [5, 5.41) is 2.22. The molecule has 2 rings (SSSR count). The second-order valence-corrected chi connectivity index (χ2v) is 4.79. The molecule has 0 heterocycles. The molecule has 0 spiro atoms. The van der Waals surface area contributed by atoms with Gasteiger partial charge in [0.2, 0.25) is 0 Å². The average molecular weight is 262 g/mol. The summed E-state index contributed by atoms with van der Waals surface area (Å²) >= 11 is 5.78. The molecule has 0 aromatic heterocycles. The molecule has 2 aromatic carbocycles. The number of amides is 1. The van der Waals surface area contributed by atoms with Crippen LogP contribution in [0.3, 0.4) is 0 Å². The van der Waals surface area contributed by atoms with Gasteiger partial charge in [0, 0.05) is 24.5 Å². The van der Waals surface area contributed by atoms with Crippen molar-refractivity contribution in [2.45, 2.75) is 13.0 Å². The number of halogens is 1. The van der Waals surface area contributed by atoms with Gasteiger partial charge in [-0.25, -0.2) is 0 Å². The smallest absolute Gasteiger partial charge is 0.253 e. The van der Waals surface area contributed by atoms with E-state index in [2.05, 4.69) is 0 Å². The predicted octanol–water partition coefficient (Wildman–Crippen LogP) is 3.54. The first kappa shape index (κ1) is 12.9. The number of benzene rings is 2. The number of nitrogens with zero attached hydrogens (tertiary/aromatic N) is 1. The van der Waals surface area contributed by atoms with E-state index in [1.165, 1.54) is 0 Å². The molecule has 0 aliphatic carbocycles. The van der Waals surface area contributed by atoms with Crippen LogP contribution in [0.2, 0.25) is 0 Å². The highest BCUT2D eigenvalue weighted by Crippen LogP contribution is 2.17. The van der Waals surface area contributed by atoms with Crippen LogP contribution in [-0.4, -0.2) is 29.8 Å². The molecule has 0 radical (unpaired) electrons. The van der Waals surface area contributed by atoms with E-state index >= 15 is 0 Å². The van der Waals surface area contributed by atoms with E-state index < -0.39 is 0 Å². The van der Waals surface area contributed by atoms with Crippen molar-refractivity contribution in [3.05, 3.63) is 48.0 Å². The third kappa shape index (κ3) is 2.49. The number of carbonyl (C=O) groups excluding carboxylic acids is 1. The first-order chi connectivity index (χ1) is 8.63. The Morgan fingerprint density at radius 2 is 1.89 bits per heavy atom. The highest BCUT2D eigenvalue weighted by atomic mass is 35.5. The fraction of sp³-hybridized carbons (Fsp3) is 0.267. The second kappa shape index (κ2) is 5.40. The summed E-state index contributed by atoms with van der Waals surface area (Å²) in [6.07, 6.45) is 0. The summed E-state index contributed by atoms with van der Waals surface area (Å²) in [5.74, 6) is 0.449. The van der Waals surface area contributed by atoms with Gasteiger partial charge >= 0.3 is 0 Å². The van der Waals surface area contributed by atoms with Crippen molar-refractivity contribution in [3.8, 4) is 0 Å². The highest BCUT2D eigenvalue weighted by Gasteiger charge is 2.16. The van der Waals surface area contributed by atoms with Gasteiger partial charge in [0.05, 0.1) is 0 Å². The molecule has 3 heteroatoms. The topological polar surface area (TPSA) is 20.3 Å². The normalized spacial score (nSPS) is 12.4. The number of alkyl halides is 1. The molecule has 1 unspecified atom stereocenters. The van der Waals surface area contributed by atoms with Crippen molar-refractivity contribution in [2.24, 2.45) is 0 Å². The van der Waals surface area contributed by atoms with Gasteiger partial charge in [0.15, 0.2) is 0 Å². The van der Waals surface area contributed by atoms with Crippen molar-refractivity contribution < 1.29 is 4.79 Å². The van der Waals surface area contributed by atoms with Crippen LogP contribution in [0.5, 0.6) is 0 Å². The van der Waals surface area contributed by atoms with Crippen molar-refractivity contribution in [3.63, 3.8) is 0 Å². The molecular formula is C15H16ClNO. The van der Waals surface area contributed by atoms with Crippen LogP contribution in [-0.2, 0) is 0 Å². The van der Waals surface area contributed by atoms with E-state index in [-0.39, 0.29) is 11.9 Å². The Labute approximate surface area is 112 Å². The molecule has 1 atom stereocenters. The quantitative estimate of drug-likeness (QED) is 0.774. The molecule has 0 saturated heterocycles. The molecule has 0 aliphatic rings. The third-order valence-electron chi connectivity index (χ3n) is 3.20. The molecule has 0 fully saturated rings. The Bertz CT molecular complexity index is 567. The largest absolute Gasteiger partial charge is 0.338 e. The molecule has 18 heavy (non-hydrogen) atoms. The maximum absolute atomic E-state index is 12.3. The molecule has 2 aromatic rings. The number of rotatable bonds is 3. The lowest BCUT2D eigenvalue weighted by molar-refractivity contribution is 0.0757. The number of hydrogen-bond donors (Lipinski definition) is 0. The van der Waals surface area contributed by atoms with E-state index in [4.69, 9.17) is 11.6 Å². The standard InChI is InChI=1S/C15H16ClNO/c1-11(10-16)17(2)15(18)14-8-7-12-5-3-4-6-13(12)9-14/h3-9,11H,10H2,1-2H3. The molecule has 94 valence electrons. The van der Waals surface area contributed by atoms with Crippen molar-refractivity contribution >= 4 is 28.3 Å². The summed E-state index contributed by atoms with van der Waals surface area (Å²) in [5.41, 5.74) is 0.702. The van der Waals surface area contributed by atoms with Crippen molar-refractivity contribution in [1.29, 1.82) is 0 Å². The zero-order chi connectivity index (χ0) is 13.1. The summed E-state index contributed by atoms with van der Waals surface area (Å²) in [6.45, 7) is 1.94. The zero-order valence-corrected chi connectivity index (χ0v) is 11.3. The van der Waals surface area contributed by atoms with Crippen LogP contribution in [0.1, 0.15) is 17.3 Å². The van der Waals surface area contributed by atoms with E-state index in [0.29, 0.717) is 11.4 Å². The third-order valence-corrected chi connectivity index (χ3v) is 3.65. The minimum absolute atomic E-state index is 0.00824. The maximum Gasteiger partial charge on any atom is 0.253 e. The lowest BCUT2D eigenvalue weighted by Crippen LogP contribution is -2.36. The number of carbonyl (C=O) groups is 1. The molecule has 0 aliphatic heterocycles. The Morgan fingerprint density at radius 3 is 2.56 bits per heavy atom. The molecular weight excluding hydrogens is 246 g/mol. The fourth-order valence-electron chi connectivity index (χ4n) is 1.83. The van der Waals surface area contributed by atoms with Gasteiger partial charge in [-0.15, -0.1) is 11.6 Å². The van der Waals surface area contributed by atoms with Gasteiger partial charge in [0.25, 0.3) is 5.91 Å². The van der Waals surface area contributed by atoms with Gasteiger partial charge < -0.3 is 4.90 Å². The van der Waals surface area contributed by atoms with Crippen LogP contribution in [0, 0.1) is 0 Å². The van der Waals surface area contributed by atoms with Crippen molar-refractivity contribution in [1.82, 2.24) is 4.90 Å². The summed E-state index contributed by atoms with van der Waals surface area (Å²) < 4.78 is 0. The van der Waals surface area contributed by atoms with Crippen molar-refractivity contribution in [2.75, 3.05) is 12.9 Å². The Hall–Kier alpha value is -1.54. The first-order valence-electron chi connectivity index (χ1n) is 5.95. The lowest BCUT2D eigenvalue weighted by atomic mass is 10.1. The second-order valence-electron chi connectivity index (χ2n) is 4.48. The van der Waals surface area contributed by atoms with Crippen LogP contribution in [0.25, 0.3) is 10.8 Å². The van der Waals surface area contributed by atoms with Crippen LogP contribution in [0.15, 0.2) is 42.5 Å². The minimum Gasteiger partial charge on any atom is -0.338 e. The molecule has 0 bridgehead atoms. The average Bonchev–Trinajstić information content (AvgIpc) is 2.44. The monoisotopic (exact) mass is 261 g/mol. The van der Waals surface area contributed by atoms with E-state index in [0.717, 1.165) is 10.8 Å². The molecule has 2 nitrogen and oxygen atoms in total. The maximum atomic E-state index is 12.3. The van der Waals surface area contributed by atoms with Crippen LogP contribution >= 0.6 is 11.6 Å². The highest BCUT2D eigenvalue weighted by molar-refractivity contribution is 6.18. The van der Waals surface area contributed by atoms with Crippen LogP contribution < -0.4 is 0 Å². The van der Waals surface area contributed by atoms with Gasteiger partial charge in [0.1, 0.15) is 0 Å². The van der Waals surface area contributed by atoms with E-state index in [9.17, 15) is 4.79 Å². The van der Waals surface area contributed by atoms with Gasteiger partial charge in [-0.2, -0.15) is 0 Å². The SMILES string of the molecule is CC(CCl)N(C)C(=O)c1ccc2ccccc2c1. The van der Waals surface area contributed by atoms with E-state index in [1.807, 2.05) is 49.4 Å². The summed E-state index contributed by atoms with van der Waals surface area (Å²) in [6, 6.07) is 13.8. The lowest BCUT2D eigenvalue weighted by Gasteiger charge is -2.23. The Balaban J connectivity index is 2.33. The van der Waals surface area contributed by atoms with Gasteiger partial charge in [-0.1, -0.05) is 30.3 Å². The van der Waals surface area contributed by atoms with Gasteiger partial charge in [-0.3, -0.25) is 4.79 Å². The van der Waals surface area contributed by atoms with E-state index in [1.54, 1.807) is 11.9 Å².